The van der Waals surface area contributed by atoms with Crippen LogP contribution in [0.3, 0.4) is 0 Å². The predicted octanol–water partition coefficient (Wildman–Crippen LogP) is 2.68. The molecule has 1 saturated heterocycles. The molecule has 1 aromatic rings. The minimum absolute atomic E-state index is 0.00259. The number of rotatable bonds is 4. The predicted molar refractivity (Wildman–Crippen MR) is 83.0 cm³/mol. The van der Waals surface area contributed by atoms with Gasteiger partial charge >= 0.3 is 0 Å². The van der Waals surface area contributed by atoms with E-state index in [0.29, 0.717) is 23.2 Å². The number of amides is 1. The van der Waals surface area contributed by atoms with Gasteiger partial charge in [-0.1, -0.05) is 11.6 Å². The maximum atomic E-state index is 12.3. The van der Waals surface area contributed by atoms with Crippen molar-refractivity contribution >= 4 is 33.4 Å². The summed E-state index contributed by atoms with van der Waals surface area (Å²) in [5, 5.41) is 0.619. The molecule has 2 rings (SSSR count). The minimum Gasteiger partial charge on any atom is -0.480 e. The normalized spacial score (nSPS) is 20.0. The fraction of sp³-hybridized carbons (Fsp3) is 0.500. The van der Waals surface area contributed by atoms with Crippen LogP contribution < -0.4 is 10.5 Å². The molecule has 0 aliphatic carbocycles. The summed E-state index contributed by atoms with van der Waals surface area (Å²) in [6, 6.07) is 5.23. The molecule has 6 heteroatoms. The van der Waals surface area contributed by atoms with Gasteiger partial charge in [-0.3, -0.25) is 4.79 Å². The van der Waals surface area contributed by atoms with Gasteiger partial charge in [-0.05, 0) is 59.9 Å². The van der Waals surface area contributed by atoms with Gasteiger partial charge < -0.3 is 15.4 Å². The van der Waals surface area contributed by atoms with Gasteiger partial charge in [0.2, 0.25) is 0 Å². The number of hydrogen-bond donors (Lipinski definition) is 1. The van der Waals surface area contributed by atoms with Gasteiger partial charge in [-0.15, -0.1) is 0 Å². The van der Waals surface area contributed by atoms with E-state index in [0.717, 1.165) is 24.0 Å². The van der Waals surface area contributed by atoms with Crippen molar-refractivity contribution in [2.75, 3.05) is 19.6 Å². The topological polar surface area (TPSA) is 55.6 Å². The molecular formula is C14H18BrClN2O2. The fourth-order valence-electron chi connectivity index (χ4n) is 2.29. The highest BCUT2D eigenvalue weighted by molar-refractivity contribution is 9.10. The number of likely N-dealkylation sites (tertiary alicyclic amines) is 1. The van der Waals surface area contributed by atoms with Crippen LogP contribution in [0.5, 0.6) is 5.75 Å². The lowest BCUT2D eigenvalue weighted by molar-refractivity contribution is -0.137. The molecule has 4 nitrogen and oxygen atoms in total. The Labute approximate surface area is 132 Å². The van der Waals surface area contributed by atoms with Crippen LogP contribution in [0.4, 0.5) is 0 Å². The first kappa shape index (κ1) is 15.6. The van der Waals surface area contributed by atoms with Crippen molar-refractivity contribution in [3.8, 4) is 5.75 Å². The molecule has 1 aliphatic heterocycles. The molecule has 0 unspecified atom stereocenters. The average molecular weight is 362 g/mol. The first-order chi connectivity index (χ1) is 9.51. The third-order valence-corrected chi connectivity index (χ3v) is 4.33. The van der Waals surface area contributed by atoms with E-state index in [-0.39, 0.29) is 5.91 Å². The number of ether oxygens (including phenoxy) is 1. The number of hydrogen-bond acceptors (Lipinski definition) is 3. The summed E-state index contributed by atoms with van der Waals surface area (Å²) in [7, 11) is 0. The molecule has 20 heavy (non-hydrogen) atoms. The zero-order valence-corrected chi connectivity index (χ0v) is 13.7. The van der Waals surface area contributed by atoms with E-state index in [2.05, 4.69) is 15.9 Å². The van der Waals surface area contributed by atoms with Gasteiger partial charge in [-0.2, -0.15) is 0 Å². The Morgan fingerprint density at radius 1 is 1.65 bits per heavy atom. The van der Waals surface area contributed by atoms with Gasteiger partial charge in [0, 0.05) is 18.1 Å². The second-order valence-electron chi connectivity index (χ2n) is 5.01. The standard InChI is InChI=1S/C14H18BrClN2O2/c1-9(14(19)18-5-4-10(7-17)8-18)20-13-3-2-11(16)6-12(13)15/h2-3,6,9-10H,4-5,7-8,17H2,1H3/t9-,10+/m0/s1. The second kappa shape index (κ2) is 6.78. The quantitative estimate of drug-likeness (QED) is 0.897. The van der Waals surface area contributed by atoms with Gasteiger partial charge in [0.25, 0.3) is 5.91 Å². The average Bonchev–Trinajstić information content (AvgIpc) is 2.89. The van der Waals surface area contributed by atoms with Crippen LogP contribution in [0.15, 0.2) is 22.7 Å². The number of benzene rings is 1. The lowest BCUT2D eigenvalue weighted by Crippen LogP contribution is -2.39. The Balaban J connectivity index is 1.97. The summed E-state index contributed by atoms with van der Waals surface area (Å²) in [5.41, 5.74) is 5.64. The smallest absolute Gasteiger partial charge is 0.263 e. The summed E-state index contributed by atoms with van der Waals surface area (Å²) in [5.74, 6) is 1.03. The molecule has 1 heterocycles. The fourth-order valence-corrected chi connectivity index (χ4v) is 3.07. The molecule has 0 spiro atoms. The molecule has 0 radical (unpaired) electrons. The highest BCUT2D eigenvalue weighted by Crippen LogP contribution is 2.29. The van der Waals surface area contributed by atoms with Crippen LogP contribution in [0, 0.1) is 5.92 Å². The molecular weight excluding hydrogens is 344 g/mol. The number of halogens is 2. The van der Waals surface area contributed by atoms with Crippen molar-refractivity contribution in [3.63, 3.8) is 0 Å². The van der Waals surface area contributed by atoms with Crippen molar-refractivity contribution in [1.82, 2.24) is 4.90 Å². The van der Waals surface area contributed by atoms with Crippen LogP contribution in [-0.4, -0.2) is 36.5 Å². The minimum atomic E-state index is -0.524. The lowest BCUT2D eigenvalue weighted by Gasteiger charge is -2.22. The maximum Gasteiger partial charge on any atom is 0.263 e. The first-order valence-corrected chi connectivity index (χ1v) is 7.79. The maximum absolute atomic E-state index is 12.3. The van der Waals surface area contributed by atoms with Crippen LogP contribution in [-0.2, 0) is 4.79 Å². The Morgan fingerprint density at radius 2 is 2.40 bits per heavy atom. The third-order valence-electron chi connectivity index (χ3n) is 3.48. The summed E-state index contributed by atoms with van der Waals surface area (Å²) < 4.78 is 6.46. The van der Waals surface area contributed by atoms with Gasteiger partial charge in [-0.25, -0.2) is 0 Å². The Kier molecular flexibility index (Phi) is 5.29. The van der Waals surface area contributed by atoms with Gasteiger partial charge in [0.15, 0.2) is 6.10 Å². The number of carbonyl (C=O) groups excluding carboxylic acids is 1. The number of nitrogens with zero attached hydrogens (tertiary/aromatic N) is 1. The Bertz CT molecular complexity index is 498. The molecule has 1 aliphatic rings. The molecule has 1 aromatic carbocycles. The van der Waals surface area contributed by atoms with E-state index in [4.69, 9.17) is 22.1 Å². The molecule has 2 atom stereocenters. The summed E-state index contributed by atoms with van der Waals surface area (Å²) >= 11 is 9.26. The second-order valence-corrected chi connectivity index (χ2v) is 6.30. The highest BCUT2D eigenvalue weighted by atomic mass is 79.9. The zero-order valence-electron chi connectivity index (χ0n) is 11.3. The third kappa shape index (κ3) is 3.65. The van der Waals surface area contributed by atoms with Crippen molar-refractivity contribution in [2.45, 2.75) is 19.4 Å². The summed E-state index contributed by atoms with van der Waals surface area (Å²) in [6.45, 7) is 3.88. The van der Waals surface area contributed by atoms with Gasteiger partial charge in [0.05, 0.1) is 4.47 Å². The first-order valence-electron chi connectivity index (χ1n) is 6.62. The van der Waals surface area contributed by atoms with E-state index in [9.17, 15) is 4.79 Å². The summed E-state index contributed by atoms with van der Waals surface area (Å²) in [6.07, 6.45) is 0.448. The molecule has 2 N–H and O–H groups in total. The molecule has 1 fully saturated rings. The van der Waals surface area contributed by atoms with Crippen molar-refractivity contribution < 1.29 is 9.53 Å². The van der Waals surface area contributed by atoms with E-state index in [1.807, 2.05) is 4.90 Å². The van der Waals surface area contributed by atoms with Gasteiger partial charge in [0.1, 0.15) is 5.75 Å². The Morgan fingerprint density at radius 3 is 3.00 bits per heavy atom. The van der Waals surface area contributed by atoms with Crippen LogP contribution in [0.25, 0.3) is 0 Å². The van der Waals surface area contributed by atoms with Crippen LogP contribution >= 0.6 is 27.5 Å². The lowest BCUT2D eigenvalue weighted by atomic mass is 10.1. The SMILES string of the molecule is C[C@H](Oc1ccc(Cl)cc1Br)C(=O)N1CC[C@H](CN)C1. The van der Waals surface area contributed by atoms with Crippen molar-refractivity contribution in [3.05, 3.63) is 27.7 Å². The van der Waals surface area contributed by atoms with Crippen LogP contribution in [0.1, 0.15) is 13.3 Å². The molecule has 110 valence electrons. The van der Waals surface area contributed by atoms with E-state index in [1.165, 1.54) is 0 Å². The molecule has 0 aromatic heterocycles. The molecule has 1 amide bonds. The van der Waals surface area contributed by atoms with Crippen LogP contribution in [0.2, 0.25) is 5.02 Å². The zero-order chi connectivity index (χ0) is 14.7. The Hall–Kier alpha value is -0.780. The summed E-state index contributed by atoms with van der Waals surface area (Å²) in [4.78, 5) is 14.1. The van der Waals surface area contributed by atoms with E-state index >= 15 is 0 Å². The van der Waals surface area contributed by atoms with Crippen molar-refractivity contribution in [2.24, 2.45) is 11.7 Å². The van der Waals surface area contributed by atoms with Crippen molar-refractivity contribution in [1.29, 1.82) is 0 Å². The highest BCUT2D eigenvalue weighted by Gasteiger charge is 2.29. The molecule has 0 saturated carbocycles. The largest absolute Gasteiger partial charge is 0.480 e. The molecule has 0 bridgehead atoms. The monoisotopic (exact) mass is 360 g/mol. The number of nitrogens with two attached hydrogens (primary N) is 1. The van der Waals surface area contributed by atoms with E-state index in [1.54, 1.807) is 25.1 Å². The number of carbonyl (C=O) groups is 1. The van der Waals surface area contributed by atoms with E-state index < -0.39 is 6.10 Å².